The van der Waals surface area contributed by atoms with E-state index >= 15 is 0 Å². The van der Waals surface area contributed by atoms with Crippen molar-refractivity contribution >= 4 is 5.91 Å². The second-order valence-corrected chi connectivity index (χ2v) is 5.55. The number of benzene rings is 1. The van der Waals surface area contributed by atoms with Gasteiger partial charge in [0, 0.05) is 12.0 Å². The maximum Gasteiger partial charge on any atom is 0.255 e. The highest BCUT2D eigenvalue weighted by atomic mass is 16.5. The second kappa shape index (κ2) is 5.21. The molecule has 0 unspecified atom stereocenters. The van der Waals surface area contributed by atoms with Crippen LogP contribution in [0.2, 0.25) is 0 Å². The Morgan fingerprint density at radius 1 is 1.42 bits per heavy atom. The van der Waals surface area contributed by atoms with E-state index in [2.05, 4.69) is 5.32 Å². The third-order valence-electron chi connectivity index (χ3n) is 3.90. The molecule has 1 fully saturated rings. The summed E-state index contributed by atoms with van der Waals surface area (Å²) in [4.78, 5) is 12.3. The van der Waals surface area contributed by atoms with Crippen LogP contribution >= 0.6 is 0 Å². The Labute approximate surface area is 114 Å². The quantitative estimate of drug-likeness (QED) is 0.850. The number of ether oxygens (including phenoxy) is 1. The van der Waals surface area contributed by atoms with Crippen LogP contribution in [-0.2, 0) is 0 Å². The Morgan fingerprint density at radius 3 is 2.63 bits per heavy atom. The van der Waals surface area contributed by atoms with E-state index in [1.807, 2.05) is 26.0 Å². The zero-order valence-corrected chi connectivity index (χ0v) is 11.9. The summed E-state index contributed by atoms with van der Waals surface area (Å²) in [7, 11) is 1.59. The van der Waals surface area contributed by atoms with Gasteiger partial charge in [-0.3, -0.25) is 4.79 Å². The number of methoxy groups -OCH3 is 1. The van der Waals surface area contributed by atoms with Crippen LogP contribution in [0.4, 0.5) is 0 Å². The average Bonchev–Trinajstić information content (AvgIpc) is 3.15. The first-order chi connectivity index (χ1) is 9.01. The molecule has 1 aromatic carbocycles. The molecule has 1 aromatic rings. The summed E-state index contributed by atoms with van der Waals surface area (Å²) in [6.45, 7) is 5.21. The van der Waals surface area contributed by atoms with E-state index in [-0.39, 0.29) is 11.3 Å². The molecule has 0 aliphatic heterocycles. The van der Waals surface area contributed by atoms with Gasteiger partial charge in [-0.05, 0) is 50.4 Å². The van der Waals surface area contributed by atoms with E-state index in [1.165, 1.54) is 0 Å². The third kappa shape index (κ3) is 2.89. The highest BCUT2D eigenvalue weighted by Crippen LogP contribution is 2.43. The van der Waals surface area contributed by atoms with E-state index in [9.17, 15) is 4.79 Å². The molecular weight excluding hydrogens is 240 g/mol. The number of carbonyl (C=O) groups is 1. The average molecular weight is 262 g/mol. The minimum Gasteiger partial charge on any atom is -0.496 e. The molecule has 0 heterocycles. The van der Waals surface area contributed by atoms with Gasteiger partial charge < -0.3 is 15.8 Å². The number of aryl methyl sites for hydroxylation is 2. The summed E-state index contributed by atoms with van der Waals surface area (Å²) in [5.41, 5.74) is 8.52. The number of carbonyl (C=O) groups excluding carboxylic acids is 1. The fraction of sp³-hybridized carbons (Fsp3) is 0.533. The smallest absolute Gasteiger partial charge is 0.255 e. The Bertz CT molecular complexity index is 493. The highest BCUT2D eigenvalue weighted by Gasteiger charge is 2.41. The Balaban J connectivity index is 2.14. The molecule has 4 heteroatoms. The molecule has 3 N–H and O–H groups in total. The molecule has 19 heavy (non-hydrogen) atoms. The first-order valence-corrected chi connectivity index (χ1v) is 6.65. The summed E-state index contributed by atoms with van der Waals surface area (Å²) in [5, 5.41) is 2.99. The van der Waals surface area contributed by atoms with Gasteiger partial charge in [0.25, 0.3) is 5.91 Å². The van der Waals surface area contributed by atoms with Crippen LogP contribution in [0.3, 0.4) is 0 Å². The van der Waals surface area contributed by atoms with Gasteiger partial charge in [-0.2, -0.15) is 0 Å². The number of amides is 1. The van der Waals surface area contributed by atoms with Crippen molar-refractivity contribution in [2.45, 2.75) is 26.7 Å². The van der Waals surface area contributed by atoms with Gasteiger partial charge in [-0.1, -0.05) is 6.07 Å². The largest absolute Gasteiger partial charge is 0.496 e. The van der Waals surface area contributed by atoms with Crippen LogP contribution in [0, 0.1) is 19.3 Å². The lowest BCUT2D eigenvalue weighted by atomic mass is 10.0. The predicted octanol–water partition coefficient (Wildman–Crippen LogP) is 1.78. The van der Waals surface area contributed by atoms with Crippen molar-refractivity contribution in [3.8, 4) is 5.75 Å². The fourth-order valence-electron chi connectivity index (χ4n) is 2.37. The first-order valence-electron chi connectivity index (χ1n) is 6.65. The van der Waals surface area contributed by atoms with Crippen molar-refractivity contribution in [2.24, 2.45) is 11.1 Å². The van der Waals surface area contributed by atoms with Crippen LogP contribution in [0.15, 0.2) is 12.1 Å². The molecule has 104 valence electrons. The molecule has 0 atom stereocenters. The minimum atomic E-state index is -0.0749. The maximum absolute atomic E-state index is 12.3. The Hall–Kier alpha value is -1.55. The van der Waals surface area contributed by atoms with E-state index in [0.717, 1.165) is 24.0 Å². The summed E-state index contributed by atoms with van der Waals surface area (Å²) < 4.78 is 5.32. The van der Waals surface area contributed by atoms with Crippen molar-refractivity contribution in [3.05, 3.63) is 28.8 Å². The highest BCUT2D eigenvalue weighted by molar-refractivity contribution is 5.98. The summed E-state index contributed by atoms with van der Waals surface area (Å²) in [6.07, 6.45) is 2.21. The number of nitrogens with one attached hydrogen (secondary N) is 1. The zero-order valence-electron chi connectivity index (χ0n) is 11.9. The van der Waals surface area contributed by atoms with Gasteiger partial charge in [0.1, 0.15) is 5.75 Å². The van der Waals surface area contributed by atoms with Crippen molar-refractivity contribution in [3.63, 3.8) is 0 Å². The number of hydrogen-bond acceptors (Lipinski definition) is 3. The van der Waals surface area contributed by atoms with Gasteiger partial charge in [0.2, 0.25) is 0 Å². The molecule has 1 aliphatic carbocycles. The van der Waals surface area contributed by atoms with Crippen molar-refractivity contribution in [2.75, 3.05) is 20.2 Å². The second-order valence-electron chi connectivity index (χ2n) is 5.55. The van der Waals surface area contributed by atoms with Gasteiger partial charge in [0.15, 0.2) is 0 Å². The number of hydrogen-bond donors (Lipinski definition) is 2. The Morgan fingerprint density at radius 2 is 2.11 bits per heavy atom. The van der Waals surface area contributed by atoms with E-state index in [0.29, 0.717) is 24.4 Å². The molecule has 0 saturated heterocycles. The van der Waals surface area contributed by atoms with Gasteiger partial charge >= 0.3 is 0 Å². The molecule has 2 rings (SSSR count). The van der Waals surface area contributed by atoms with E-state index in [1.54, 1.807) is 7.11 Å². The van der Waals surface area contributed by atoms with Crippen molar-refractivity contribution in [1.29, 1.82) is 0 Å². The molecule has 4 nitrogen and oxygen atoms in total. The maximum atomic E-state index is 12.3. The summed E-state index contributed by atoms with van der Waals surface area (Å²) in [5.74, 6) is 0.557. The summed E-state index contributed by atoms with van der Waals surface area (Å²) in [6, 6.07) is 3.88. The lowest BCUT2D eigenvalue weighted by Crippen LogP contribution is -2.34. The predicted molar refractivity (Wildman–Crippen MR) is 75.5 cm³/mol. The molecule has 1 aliphatic rings. The standard InChI is InChI=1S/C15H22N2O2/c1-10-6-11(2)13(12(7-10)19-3)14(18)17-9-15(8-16)4-5-15/h6-7H,4-5,8-9,16H2,1-3H3,(H,17,18). The van der Waals surface area contributed by atoms with Gasteiger partial charge in [-0.25, -0.2) is 0 Å². The van der Waals surface area contributed by atoms with Crippen LogP contribution in [0.5, 0.6) is 5.75 Å². The van der Waals surface area contributed by atoms with E-state index in [4.69, 9.17) is 10.5 Å². The molecule has 1 saturated carbocycles. The molecule has 1 amide bonds. The van der Waals surface area contributed by atoms with Gasteiger partial charge in [-0.15, -0.1) is 0 Å². The van der Waals surface area contributed by atoms with E-state index < -0.39 is 0 Å². The summed E-state index contributed by atoms with van der Waals surface area (Å²) >= 11 is 0. The van der Waals surface area contributed by atoms with Crippen LogP contribution in [-0.4, -0.2) is 26.1 Å². The molecule has 0 spiro atoms. The van der Waals surface area contributed by atoms with Crippen molar-refractivity contribution in [1.82, 2.24) is 5.32 Å². The van der Waals surface area contributed by atoms with Crippen molar-refractivity contribution < 1.29 is 9.53 Å². The van der Waals surface area contributed by atoms with Crippen LogP contribution < -0.4 is 15.8 Å². The Kier molecular flexibility index (Phi) is 3.80. The molecule has 0 radical (unpaired) electrons. The minimum absolute atomic E-state index is 0.0749. The topological polar surface area (TPSA) is 64.3 Å². The number of nitrogens with two attached hydrogens (primary N) is 1. The van der Waals surface area contributed by atoms with Gasteiger partial charge in [0.05, 0.1) is 12.7 Å². The molecule has 0 bridgehead atoms. The lowest BCUT2D eigenvalue weighted by Gasteiger charge is -2.16. The normalized spacial score (nSPS) is 16.0. The number of rotatable bonds is 5. The molecular formula is C15H22N2O2. The first kappa shape index (κ1) is 13.9. The lowest BCUT2D eigenvalue weighted by molar-refractivity contribution is 0.0941. The van der Waals surface area contributed by atoms with Crippen LogP contribution in [0.25, 0.3) is 0 Å². The zero-order chi connectivity index (χ0) is 14.0. The molecule has 0 aromatic heterocycles. The third-order valence-corrected chi connectivity index (χ3v) is 3.90. The van der Waals surface area contributed by atoms with Crippen LogP contribution in [0.1, 0.15) is 34.3 Å². The fourth-order valence-corrected chi connectivity index (χ4v) is 2.37. The monoisotopic (exact) mass is 262 g/mol. The SMILES string of the molecule is COc1cc(C)cc(C)c1C(=O)NCC1(CN)CC1.